The third-order valence-electron chi connectivity index (χ3n) is 5.13. The minimum atomic E-state index is -4.88. The van der Waals surface area contributed by atoms with Crippen molar-refractivity contribution in [1.82, 2.24) is 4.98 Å². The van der Waals surface area contributed by atoms with Gasteiger partial charge >= 0.3 is 6.18 Å². The number of hydrogen-bond donors (Lipinski definition) is 1. The van der Waals surface area contributed by atoms with Gasteiger partial charge in [0.1, 0.15) is 9.22 Å². The summed E-state index contributed by atoms with van der Waals surface area (Å²) in [5, 5.41) is 10.4. The highest BCUT2D eigenvalue weighted by Crippen LogP contribution is 2.47. The Labute approximate surface area is 176 Å². The first kappa shape index (κ1) is 21.0. The van der Waals surface area contributed by atoms with Crippen LogP contribution in [0.5, 0.6) is 0 Å². The van der Waals surface area contributed by atoms with Crippen molar-refractivity contribution in [3.8, 4) is 10.6 Å². The molecule has 0 bridgehead atoms. The molecule has 2 aromatic carbocycles. The summed E-state index contributed by atoms with van der Waals surface area (Å²) in [5.74, 6) is 0.0775. The van der Waals surface area contributed by atoms with Gasteiger partial charge in [-0.25, -0.2) is 13.4 Å². The molecule has 1 aromatic heterocycles. The molecule has 0 radical (unpaired) electrons. The summed E-state index contributed by atoms with van der Waals surface area (Å²) < 4.78 is 65.8. The van der Waals surface area contributed by atoms with Gasteiger partial charge in [-0.05, 0) is 37.5 Å². The molecule has 30 heavy (non-hydrogen) atoms. The molecule has 9 heteroatoms. The fourth-order valence-corrected chi connectivity index (χ4v) is 6.11. The van der Waals surface area contributed by atoms with E-state index in [1.165, 1.54) is 0 Å². The fourth-order valence-electron chi connectivity index (χ4n) is 3.06. The van der Waals surface area contributed by atoms with E-state index in [0.717, 1.165) is 54.0 Å². The molecule has 1 saturated carbocycles. The Hall–Kier alpha value is -2.23. The maximum atomic E-state index is 13.3. The maximum absolute atomic E-state index is 13.3. The van der Waals surface area contributed by atoms with Crippen LogP contribution < -0.4 is 0 Å². The normalized spacial score (nSPS) is 17.0. The predicted octanol–water partition coefficient (Wildman–Crippen LogP) is 5.29. The van der Waals surface area contributed by atoms with Crippen molar-refractivity contribution in [3.05, 3.63) is 65.9 Å². The predicted molar refractivity (Wildman–Crippen MR) is 107 cm³/mol. The molecule has 0 aliphatic heterocycles. The molecular formula is C21H18F3NO3S2. The molecule has 1 aliphatic carbocycles. The van der Waals surface area contributed by atoms with E-state index < -0.39 is 27.2 Å². The van der Waals surface area contributed by atoms with Gasteiger partial charge < -0.3 is 5.11 Å². The third kappa shape index (κ3) is 3.66. The summed E-state index contributed by atoms with van der Waals surface area (Å²) in [7, 11) is -3.97. The molecule has 0 spiro atoms. The van der Waals surface area contributed by atoms with Crippen LogP contribution >= 0.6 is 11.3 Å². The van der Waals surface area contributed by atoms with Crippen LogP contribution in [-0.2, 0) is 15.4 Å². The Balaban J connectivity index is 1.75. The first-order chi connectivity index (χ1) is 14.0. The second kappa shape index (κ2) is 7.18. The molecule has 1 unspecified atom stereocenters. The number of aliphatic hydroxyl groups is 1. The lowest BCUT2D eigenvalue weighted by atomic mass is 9.96. The van der Waals surface area contributed by atoms with Crippen molar-refractivity contribution in [2.24, 2.45) is 0 Å². The maximum Gasteiger partial charge on any atom is 0.421 e. The Morgan fingerprint density at radius 3 is 2.17 bits per heavy atom. The summed E-state index contributed by atoms with van der Waals surface area (Å²) in [5.41, 5.74) is -2.17. The van der Waals surface area contributed by atoms with Crippen molar-refractivity contribution in [3.63, 3.8) is 0 Å². The molecular weight excluding hydrogens is 435 g/mol. The lowest BCUT2D eigenvalue weighted by molar-refractivity contribution is -0.258. The van der Waals surface area contributed by atoms with Crippen molar-refractivity contribution < 1.29 is 26.7 Å². The number of aromatic nitrogens is 1. The highest BCUT2D eigenvalue weighted by molar-refractivity contribution is 7.93. The fraction of sp³-hybridized carbons (Fsp3) is 0.286. The van der Waals surface area contributed by atoms with Crippen LogP contribution in [0.3, 0.4) is 0 Å². The monoisotopic (exact) mass is 453 g/mol. The van der Waals surface area contributed by atoms with Gasteiger partial charge in [0.25, 0.3) is 0 Å². The second-order valence-electron chi connectivity index (χ2n) is 7.43. The number of thiazole rings is 1. The largest absolute Gasteiger partial charge is 0.421 e. The molecule has 4 nitrogen and oxygen atoms in total. The summed E-state index contributed by atoms with van der Waals surface area (Å²) in [6.07, 6.45) is -3.17. The molecule has 158 valence electrons. The topological polar surface area (TPSA) is 67.3 Å². The van der Waals surface area contributed by atoms with E-state index in [1.54, 1.807) is 0 Å². The zero-order valence-electron chi connectivity index (χ0n) is 15.8. The number of benzene rings is 2. The number of rotatable bonds is 5. The smallest absolute Gasteiger partial charge is 0.376 e. The number of nitrogens with zero attached hydrogens (tertiary/aromatic N) is 1. The van der Waals surface area contributed by atoms with Crippen LogP contribution in [0.4, 0.5) is 13.2 Å². The second-order valence-corrected chi connectivity index (χ2v) is 10.6. The van der Waals surface area contributed by atoms with Crippen molar-refractivity contribution in [2.75, 3.05) is 0 Å². The number of hydrogen-bond acceptors (Lipinski definition) is 5. The first-order valence-electron chi connectivity index (χ1n) is 9.22. The van der Waals surface area contributed by atoms with Gasteiger partial charge in [0.2, 0.25) is 9.84 Å². The van der Waals surface area contributed by atoms with E-state index in [4.69, 9.17) is 0 Å². The Bertz CT molecular complexity index is 1160. The summed E-state index contributed by atoms with van der Waals surface area (Å²) >= 11 is 1.07. The van der Waals surface area contributed by atoms with E-state index >= 15 is 0 Å². The van der Waals surface area contributed by atoms with E-state index in [2.05, 4.69) is 4.98 Å². The van der Waals surface area contributed by atoms with Crippen molar-refractivity contribution in [1.29, 1.82) is 0 Å². The van der Waals surface area contributed by atoms with Gasteiger partial charge in [-0.15, -0.1) is 11.3 Å². The molecule has 1 aliphatic rings. The number of halogens is 3. The van der Waals surface area contributed by atoms with Gasteiger partial charge in [0, 0.05) is 11.5 Å². The standard InChI is InChI=1S/C21H18F3NO3S2/c1-20(26,21(22,23)24)15-9-11-16(12-10-15)30(27,28)19-17(13-7-8-13)25-18(29-19)14-5-3-2-4-6-14/h2-6,9-13,26H,7-8H2,1H3. The molecule has 3 aromatic rings. The first-order valence-corrected chi connectivity index (χ1v) is 11.5. The third-order valence-corrected chi connectivity index (χ3v) is 8.54. The van der Waals surface area contributed by atoms with Crippen LogP contribution in [0, 0.1) is 0 Å². The molecule has 1 heterocycles. The highest BCUT2D eigenvalue weighted by Gasteiger charge is 2.51. The van der Waals surface area contributed by atoms with Gasteiger partial charge in [0.05, 0.1) is 10.6 Å². The zero-order valence-corrected chi connectivity index (χ0v) is 17.5. The van der Waals surface area contributed by atoms with Gasteiger partial charge in [-0.1, -0.05) is 42.5 Å². The van der Waals surface area contributed by atoms with E-state index in [9.17, 15) is 26.7 Å². The number of sulfone groups is 1. The molecule has 1 atom stereocenters. The van der Waals surface area contributed by atoms with Crippen LogP contribution in [-0.4, -0.2) is 24.7 Å². The highest BCUT2D eigenvalue weighted by atomic mass is 32.2. The number of alkyl halides is 3. The molecule has 0 saturated heterocycles. The van der Waals surface area contributed by atoms with Crippen LogP contribution in [0.15, 0.2) is 63.7 Å². The minimum absolute atomic E-state index is 0.0775. The SMILES string of the molecule is CC(O)(c1ccc(S(=O)(=O)c2sc(-c3ccccc3)nc2C2CC2)cc1)C(F)(F)F. The zero-order chi connectivity index (χ0) is 21.7. The summed E-state index contributed by atoms with van der Waals surface area (Å²) in [4.78, 5) is 4.44. The minimum Gasteiger partial charge on any atom is -0.376 e. The quantitative estimate of drug-likeness (QED) is 0.570. The Morgan fingerprint density at radius 2 is 1.63 bits per heavy atom. The van der Waals surface area contributed by atoms with Crippen LogP contribution in [0.25, 0.3) is 10.6 Å². The average molecular weight is 454 g/mol. The summed E-state index contributed by atoms with van der Waals surface area (Å²) in [6, 6.07) is 13.4. The van der Waals surface area contributed by atoms with E-state index in [-0.39, 0.29) is 15.0 Å². The van der Waals surface area contributed by atoms with Crippen molar-refractivity contribution >= 4 is 21.2 Å². The van der Waals surface area contributed by atoms with Crippen LogP contribution in [0.1, 0.15) is 36.9 Å². The lowest BCUT2D eigenvalue weighted by Gasteiger charge is -2.26. The Kier molecular flexibility index (Phi) is 5.03. The molecule has 1 fully saturated rings. The van der Waals surface area contributed by atoms with E-state index in [1.807, 2.05) is 30.3 Å². The van der Waals surface area contributed by atoms with Gasteiger partial charge in [-0.2, -0.15) is 13.2 Å². The molecule has 1 N–H and O–H groups in total. The van der Waals surface area contributed by atoms with Crippen molar-refractivity contribution in [2.45, 2.75) is 46.6 Å². The Morgan fingerprint density at radius 1 is 1.03 bits per heavy atom. The average Bonchev–Trinajstić information content (AvgIpc) is 3.45. The molecule has 4 rings (SSSR count). The van der Waals surface area contributed by atoms with Gasteiger partial charge in [-0.3, -0.25) is 0 Å². The lowest BCUT2D eigenvalue weighted by Crippen LogP contribution is -2.39. The van der Waals surface area contributed by atoms with Crippen LogP contribution in [0.2, 0.25) is 0 Å². The summed E-state index contributed by atoms with van der Waals surface area (Å²) in [6.45, 7) is 0.636. The molecule has 0 amide bonds. The van der Waals surface area contributed by atoms with Gasteiger partial charge in [0.15, 0.2) is 5.60 Å². The van der Waals surface area contributed by atoms with E-state index in [0.29, 0.717) is 17.6 Å².